The van der Waals surface area contributed by atoms with Gasteiger partial charge in [0.2, 0.25) is 5.91 Å². The lowest BCUT2D eigenvalue weighted by molar-refractivity contribution is -0.130. The summed E-state index contributed by atoms with van der Waals surface area (Å²) in [5.74, 6) is 1.86. The summed E-state index contributed by atoms with van der Waals surface area (Å²) in [5, 5.41) is 6.71. The monoisotopic (exact) mass is 286 g/mol. The van der Waals surface area contributed by atoms with Gasteiger partial charge in [-0.2, -0.15) is 0 Å². The Hall–Kier alpha value is -1.35. The number of piperidine rings is 1. The zero-order valence-electron chi connectivity index (χ0n) is 12.8. The molecule has 1 aliphatic carbocycles. The number of hydrogen-bond donors (Lipinski definition) is 2. The molecule has 3 heteroatoms. The minimum absolute atomic E-state index is 0.142. The van der Waals surface area contributed by atoms with Crippen LogP contribution in [0.25, 0.3) is 0 Å². The zero-order valence-corrected chi connectivity index (χ0v) is 12.8. The maximum atomic E-state index is 12.2. The van der Waals surface area contributed by atoms with E-state index in [-0.39, 0.29) is 11.8 Å². The Bertz CT molecular complexity index is 473. The Morgan fingerprint density at radius 2 is 2.00 bits per heavy atom. The molecule has 0 bridgehead atoms. The van der Waals surface area contributed by atoms with E-state index in [1.807, 2.05) is 6.07 Å². The van der Waals surface area contributed by atoms with E-state index in [1.165, 1.54) is 24.8 Å². The SMILES string of the molecule is CC1CCC2CC(CNCc3ccccc3)C(=O)NC2C1. The summed E-state index contributed by atoms with van der Waals surface area (Å²) in [4.78, 5) is 12.2. The lowest BCUT2D eigenvalue weighted by Gasteiger charge is -2.41. The van der Waals surface area contributed by atoms with Crippen LogP contribution < -0.4 is 10.6 Å². The Labute approximate surface area is 127 Å². The number of carbonyl (C=O) groups excluding carboxylic acids is 1. The molecular weight excluding hydrogens is 260 g/mol. The van der Waals surface area contributed by atoms with Gasteiger partial charge in [0.25, 0.3) is 0 Å². The second-order valence-corrected chi connectivity index (χ2v) is 6.84. The second kappa shape index (κ2) is 6.61. The molecule has 2 fully saturated rings. The predicted octanol–water partition coefficient (Wildman–Crippen LogP) is 2.72. The lowest BCUT2D eigenvalue weighted by atomic mass is 9.72. The predicted molar refractivity (Wildman–Crippen MR) is 84.7 cm³/mol. The second-order valence-electron chi connectivity index (χ2n) is 6.84. The van der Waals surface area contributed by atoms with E-state index in [0.717, 1.165) is 25.4 Å². The first-order valence-corrected chi connectivity index (χ1v) is 8.27. The summed E-state index contributed by atoms with van der Waals surface area (Å²) in [6.45, 7) is 3.94. The van der Waals surface area contributed by atoms with E-state index in [2.05, 4.69) is 41.8 Å². The molecule has 2 aliphatic rings. The van der Waals surface area contributed by atoms with Gasteiger partial charge < -0.3 is 10.6 Å². The third kappa shape index (κ3) is 3.65. The van der Waals surface area contributed by atoms with Crippen molar-refractivity contribution in [3.05, 3.63) is 35.9 Å². The molecule has 3 nitrogen and oxygen atoms in total. The maximum Gasteiger partial charge on any atom is 0.224 e. The van der Waals surface area contributed by atoms with Gasteiger partial charge in [-0.25, -0.2) is 0 Å². The molecule has 0 aromatic heterocycles. The molecule has 1 heterocycles. The highest BCUT2D eigenvalue weighted by molar-refractivity contribution is 5.80. The topological polar surface area (TPSA) is 41.1 Å². The minimum atomic E-state index is 0.142. The first-order valence-electron chi connectivity index (χ1n) is 8.27. The quantitative estimate of drug-likeness (QED) is 0.893. The van der Waals surface area contributed by atoms with Gasteiger partial charge in [-0.3, -0.25) is 4.79 Å². The van der Waals surface area contributed by atoms with Crippen LogP contribution in [-0.4, -0.2) is 18.5 Å². The first-order chi connectivity index (χ1) is 10.2. The smallest absolute Gasteiger partial charge is 0.224 e. The largest absolute Gasteiger partial charge is 0.353 e. The van der Waals surface area contributed by atoms with Crippen LogP contribution in [0.3, 0.4) is 0 Å². The van der Waals surface area contributed by atoms with Gasteiger partial charge in [-0.15, -0.1) is 0 Å². The average molecular weight is 286 g/mol. The molecule has 1 aliphatic heterocycles. The van der Waals surface area contributed by atoms with Crippen LogP contribution in [0.2, 0.25) is 0 Å². The zero-order chi connectivity index (χ0) is 14.7. The van der Waals surface area contributed by atoms with Crippen molar-refractivity contribution >= 4 is 5.91 Å². The summed E-state index contributed by atoms with van der Waals surface area (Å²) in [6.07, 6.45) is 4.83. The van der Waals surface area contributed by atoms with Crippen molar-refractivity contribution < 1.29 is 4.79 Å². The van der Waals surface area contributed by atoms with Crippen LogP contribution in [0.1, 0.15) is 38.2 Å². The van der Waals surface area contributed by atoms with Crippen molar-refractivity contribution in [1.82, 2.24) is 10.6 Å². The number of fused-ring (bicyclic) bond motifs is 1. The Morgan fingerprint density at radius 1 is 1.19 bits per heavy atom. The van der Waals surface area contributed by atoms with Crippen molar-refractivity contribution in [1.29, 1.82) is 0 Å². The molecule has 1 saturated heterocycles. The van der Waals surface area contributed by atoms with Gasteiger partial charge >= 0.3 is 0 Å². The fourth-order valence-corrected chi connectivity index (χ4v) is 3.84. The molecule has 2 N–H and O–H groups in total. The van der Waals surface area contributed by atoms with E-state index in [1.54, 1.807) is 0 Å². The van der Waals surface area contributed by atoms with Crippen LogP contribution in [0.15, 0.2) is 30.3 Å². The summed E-state index contributed by atoms with van der Waals surface area (Å²) < 4.78 is 0. The highest BCUT2D eigenvalue weighted by Crippen LogP contribution is 2.35. The van der Waals surface area contributed by atoms with Crippen LogP contribution in [0, 0.1) is 17.8 Å². The molecule has 1 aromatic carbocycles. The van der Waals surface area contributed by atoms with Gasteiger partial charge in [0, 0.05) is 19.1 Å². The molecule has 21 heavy (non-hydrogen) atoms. The van der Waals surface area contributed by atoms with Crippen molar-refractivity contribution in [2.75, 3.05) is 6.54 Å². The third-order valence-corrected chi connectivity index (χ3v) is 5.10. The van der Waals surface area contributed by atoms with Gasteiger partial charge in [0.15, 0.2) is 0 Å². The summed E-state index contributed by atoms with van der Waals surface area (Å²) in [6, 6.07) is 10.8. The molecule has 0 radical (unpaired) electrons. The van der Waals surface area contributed by atoms with Crippen LogP contribution in [0.5, 0.6) is 0 Å². The number of rotatable bonds is 4. The van der Waals surface area contributed by atoms with Crippen molar-refractivity contribution in [2.45, 2.75) is 45.2 Å². The van der Waals surface area contributed by atoms with Crippen LogP contribution in [0.4, 0.5) is 0 Å². The minimum Gasteiger partial charge on any atom is -0.353 e. The number of hydrogen-bond acceptors (Lipinski definition) is 2. The fraction of sp³-hybridized carbons (Fsp3) is 0.611. The van der Waals surface area contributed by atoms with Gasteiger partial charge in [0.05, 0.1) is 5.92 Å². The van der Waals surface area contributed by atoms with Gasteiger partial charge in [-0.1, -0.05) is 43.7 Å². The third-order valence-electron chi connectivity index (χ3n) is 5.10. The summed E-state index contributed by atoms with van der Waals surface area (Å²) in [5.41, 5.74) is 1.28. The number of amides is 1. The van der Waals surface area contributed by atoms with Gasteiger partial charge in [0.1, 0.15) is 0 Å². The molecule has 4 unspecified atom stereocenters. The van der Waals surface area contributed by atoms with E-state index >= 15 is 0 Å². The normalized spacial score (nSPS) is 32.3. The summed E-state index contributed by atoms with van der Waals surface area (Å²) in [7, 11) is 0. The molecule has 0 spiro atoms. The molecule has 4 atom stereocenters. The average Bonchev–Trinajstić information content (AvgIpc) is 2.49. The van der Waals surface area contributed by atoms with Crippen molar-refractivity contribution in [3.63, 3.8) is 0 Å². The maximum absolute atomic E-state index is 12.2. The number of carbonyl (C=O) groups is 1. The molecular formula is C18H26N2O. The standard InChI is InChI=1S/C18H26N2O/c1-13-7-8-15-10-16(18(21)20-17(15)9-13)12-19-11-14-5-3-2-4-6-14/h2-6,13,15-17,19H,7-12H2,1H3,(H,20,21). The van der Waals surface area contributed by atoms with E-state index in [9.17, 15) is 4.79 Å². The van der Waals surface area contributed by atoms with Gasteiger partial charge in [-0.05, 0) is 36.7 Å². The van der Waals surface area contributed by atoms with Crippen LogP contribution in [-0.2, 0) is 11.3 Å². The lowest BCUT2D eigenvalue weighted by Crippen LogP contribution is -2.53. The van der Waals surface area contributed by atoms with E-state index < -0.39 is 0 Å². The van der Waals surface area contributed by atoms with E-state index in [4.69, 9.17) is 0 Å². The Balaban J connectivity index is 1.49. The Kier molecular flexibility index (Phi) is 4.59. The van der Waals surface area contributed by atoms with Crippen LogP contribution >= 0.6 is 0 Å². The highest BCUT2D eigenvalue weighted by Gasteiger charge is 2.38. The molecule has 1 aromatic rings. The van der Waals surface area contributed by atoms with Crippen molar-refractivity contribution in [2.24, 2.45) is 17.8 Å². The first kappa shape index (κ1) is 14.6. The molecule has 114 valence electrons. The fourth-order valence-electron chi connectivity index (χ4n) is 3.84. The summed E-state index contributed by atoms with van der Waals surface area (Å²) >= 11 is 0. The molecule has 3 rings (SSSR count). The number of nitrogens with one attached hydrogen (secondary N) is 2. The van der Waals surface area contributed by atoms with Crippen molar-refractivity contribution in [3.8, 4) is 0 Å². The Morgan fingerprint density at radius 3 is 2.81 bits per heavy atom. The molecule has 1 saturated carbocycles. The highest BCUT2D eigenvalue weighted by atomic mass is 16.2. The molecule has 1 amide bonds. The number of benzene rings is 1. The van der Waals surface area contributed by atoms with E-state index in [0.29, 0.717) is 12.0 Å².